The number of allylic oxidation sites excluding steroid dienone is 2. The first-order valence-electron chi connectivity index (χ1n) is 13.3. The van der Waals surface area contributed by atoms with Crippen LogP contribution in [0.5, 0.6) is 0 Å². The van der Waals surface area contributed by atoms with Crippen LogP contribution in [0.3, 0.4) is 0 Å². The minimum Gasteiger partial charge on any atom is -0.322 e. The molecule has 38 heavy (non-hydrogen) atoms. The van der Waals surface area contributed by atoms with Crippen molar-refractivity contribution in [1.29, 1.82) is 0 Å². The Morgan fingerprint density at radius 3 is 2.42 bits per heavy atom. The SMILES string of the molecule is CCC1CC(=O)/C=C(/C(C)C)c2cc(C(=O)N(C)c3ccc(C)cc3C(=O)Nc3ccccc3)ccc2C1. The molecule has 0 saturated carbocycles. The Hall–Kier alpha value is -3.99. The number of aryl methyl sites for hydroxylation is 1. The molecule has 3 aromatic rings. The number of benzene rings is 3. The van der Waals surface area contributed by atoms with Gasteiger partial charge >= 0.3 is 0 Å². The van der Waals surface area contributed by atoms with E-state index in [1.54, 1.807) is 19.2 Å². The third-order valence-electron chi connectivity index (χ3n) is 7.28. The number of carbonyl (C=O) groups is 3. The van der Waals surface area contributed by atoms with Crippen LogP contribution < -0.4 is 10.2 Å². The summed E-state index contributed by atoms with van der Waals surface area (Å²) in [4.78, 5) is 41.2. The van der Waals surface area contributed by atoms with Gasteiger partial charge in [0.2, 0.25) is 0 Å². The average molecular weight is 509 g/mol. The second kappa shape index (κ2) is 11.6. The van der Waals surface area contributed by atoms with Gasteiger partial charge in [-0.05, 0) is 84.4 Å². The monoisotopic (exact) mass is 508 g/mol. The smallest absolute Gasteiger partial charge is 0.258 e. The van der Waals surface area contributed by atoms with E-state index in [0.717, 1.165) is 29.5 Å². The van der Waals surface area contributed by atoms with E-state index in [4.69, 9.17) is 0 Å². The van der Waals surface area contributed by atoms with Gasteiger partial charge in [0.15, 0.2) is 5.78 Å². The van der Waals surface area contributed by atoms with Crippen LogP contribution in [0, 0.1) is 18.8 Å². The normalized spacial score (nSPS) is 16.6. The molecule has 196 valence electrons. The number of rotatable bonds is 6. The van der Waals surface area contributed by atoms with E-state index in [1.165, 1.54) is 10.5 Å². The van der Waals surface area contributed by atoms with Gasteiger partial charge in [0.1, 0.15) is 0 Å². The zero-order chi connectivity index (χ0) is 27.4. The molecule has 2 amide bonds. The average Bonchev–Trinajstić information content (AvgIpc) is 2.90. The van der Waals surface area contributed by atoms with Gasteiger partial charge in [0.05, 0.1) is 11.3 Å². The zero-order valence-electron chi connectivity index (χ0n) is 22.9. The summed E-state index contributed by atoms with van der Waals surface area (Å²) in [6, 6.07) is 20.6. The molecule has 0 spiro atoms. The summed E-state index contributed by atoms with van der Waals surface area (Å²) in [5.74, 6) is 0.0858. The first kappa shape index (κ1) is 27.1. The molecule has 1 N–H and O–H groups in total. The van der Waals surface area contributed by atoms with Crippen LogP contribution in [-0.2, 0) is 11.2 Å². The number of anilines is 2. The minimum atomic E-state index is -0.276. The van der Waals surface area contributed by atoms with E-state index in [0.29, 0.717) is 28.9 Å². The third-order valence-corrected chi connectivity index (χ3v) is 7.28. The fourth-order valence-corrected chi connectivity index (χ4v) is 5.05. The molecule has 4 rings (SSSR count). The van der Waals surface area contributed by atoms with Crippen LogP contribution >= 0.6 is 0 Å². The molecule has 1 unspecified atom stereocenters. The maximum Gasteiger partial charge on any atom is 0.258 e. The molecular formula is C33H36N2O3. The Morgan fingerprint density at radius 1 is 1.00 bits per heavy atom. The standard InChI is InChI=1S/C33H36N2O3/c1-6-23-17-24-13-14-25(19-29(24)28(21(2)3)20-27(36)18-23)33(38)35(5)31-15-12-22(4)16-30(31)32(37)34-26-10-8-7-9-11-26/h7-16,19-21,23H,6,17-18H2,1-5H3,(H,34,37)/b28-20-. The van der Waals surface area contributed by atoms with Crippen LogP contribution in [-0.4, -0.2) is 24.6 Å². The summed E-state index contributed by atoms with van der Waals surface area (Å²) in [5, 5.41) is 2.93. The molecule has 0 aliphatic heterocycles. The lowest BCUT2D eigenvalue weighted by molar-refractivity contribution is -0.115. The van der Waals surface area contributed by atoms with Crippen molar-refractivity contribution in [2.24, 2.45) is 11.8 Å². The molecule has 0 heterocycles. The van der Waals surface area contributed by atoms with Crippen LogP contribution in [0.1, 0.15) is 71.0 Å². The first-order valence-corrected chi connectivity index (χ1v) is 13.3. The number of amides is 2. The highest BCUT2D eigenvalue weighted by Crippen LogP contribution is 2.33. The number of fused-ring (bicyclic) bond motifs is 1. The van der Waals surface area contributed by atoms with Gasteiger partial charge in [-0.25, -0.2) is 0 Å². The van der Waals surface area contributed by atoms with Crippen molar-refractivity contribution in [1.82, 2.24) is 0 Å². The lowest BCUT2D eigenvalue weighted by Crippen LogP contribution is -2.29. The summed E-state index contributed by atoms with van der Waals surface area (Å²) in [5.41, 5.74) is 6.20. The van der Waals surface area contributed by atoms with Crippen LogP contribution in [0.4, 0.5) is 11.4 Å². The van der Waals surface area contributed by atoms with E-state index >= 15 is 0 Å². The number of nitrogens with zero attached hydrogens (tertiary/aromatic N) is 1. The lowest BCUT2D eigenvalue weighted by Gasteiger charge is -2.25. The van der Waals surface area contributed by atoms with Crippen molar-refractivity contribution >= 4 is 34.5 Å². The second-order valence-corrected chi connectivity index (χ2v) is 10.5. The molecule has 1 aliphatic rings. The topological polar surface area (TPSA) is 66.5 Å². The van der Waals surface area contributed by atoms with E-state index in [-0.39, 0.29) is 29.4 Å². The Morgan fingerprint density at radius 2 is 1.74 bits per heavy atom. The van der Waals surface area contributed by atoms with Gasteiger partial charge in [-0.3, -0.25) is 14.4 Å². The number of hydrogen-bond acceptors (Lipinski definition) is 3. The van der Waals surface area contributed by atoms with E-state index in [2.05, 4.69) is 26.1 Å². The van der Waals surface area contributed by atoms with Gasteiger partial charge < -0.3 is 10.2 Å². The Labute approximate surface area is 225 Å². The molecule has 0 saturated heterocycles. The number of carbonyl (C=O) groups excluding carboxylic acids is 3. The highest BCUT2D eigenvalue weighted by atomic mass is 16.2. The van der Waals surface area contributed by atoms with Crippen LogP contribution in [0.2, 0.25) is 0 Å². The predicted octanol–water partition coefficient (Wildman–Crippen LogP) is 7.10. The van der Waals surface area contributed by atoms with Crippen molar-refractivity contribution in [3.8, 4) is 0 Å². The molecule has 5 heteroatoms. The molecule has 0 bridgehead atoms. The highest BCUT2D eigenvalue weighted by Gasteiger charge is 2.25. The minimum absolute atomic E-state index is 0.143. The molecule has 1 aliphatic carbocycles. The molecule has 0 fully saturated rings. The lowest BCUT2D eigenvalue weighted by atomic mass is 9.81. The van der Waals surface area contributed by atoms with Gasteiger partial charge in [-0.1, -0.05) is 63.1 Å². The summed E-state index contributed by atoms with van der Waals surface area (Å²) >= 11 is 0. The summed E-state index contributed by atoms with van der Waals surface area (Å²) in [7, 11) is 1.69. The Balaban J connectivity index is 1.70. The highest BCUT2D eigenvalue weighted by molar-refractivity contribution is 6.13. The fraction of sp³-hybridized carbons (Fsp3) is 0.303. The van der Waals surface area contributed by atoms with Crippen LogP contribution in [0.15, 0.2) is 72.8 Å². The first-order chi connectivity index (χ1) is 18.2. The summed E-state index contributed by atoms with van der Waals surface area (Å²) < 4.78 is 0. The number of nitrogens with one attached hydrogen (secondary N) is 1. The molecule has 1 atom stereocenters. The van der Waals surface area contributed by atoms with Crippen molar-refractivity contribution in [3.05, 3.63) is 101 Å². The molecule has 0 radical (unpaired) electrons. The Kier molecular flexibility index (Phi) is 8.26. The quantitative estimate of drug-likeness (QED) is 0.386. The van der Waals surface area contributed by atoms with Crippen molar-refractivity contribution in [2.45, 2.75) is 47.0 Å². The molecule has 3 aromatic carbocycles. The van der Waals surface area contributed by atoms with Crippen molar-refractivity contribution in [3.63, 3.8) is 0 Å². The van der Waals surface area contributed by atoms with E-state index in [9.17, 15) is 14.4 Å². The van der Waals surface area contributed by atoms with E-state index < -0.39 is 0 Å². The fourth-order valence-electron chi connectivity index (χ4n) is 5.05. The van der Waals surface area contributed by atoms with Gasteiger partial charge in [-0.2, -0.15) is 0 Å². The predicted molar refractivity (Wildman–Crippen MR) is 155 cm³/mol. The number of hydrogen-bond donors (Lipinski definition) is 1. The van der Waals surface area contributed by atoms with E-state index in [1.807, 2.05) is 67.6 Å². The van der Waals surface area contributed by atoms with Crippen molar-refractivity contribution in [2.75, 3.05) is 17.3 Å². The number of para-hydroxylation sites is 1. The largest absolute Gasteiger partial charge is 0.322 e. The van der Waals surface area contributed by atoms with Gasteiger partial charge in [0.25, 0.3) is 11.8 Å². The van der Waals surface area contributed by atoms with Gasteiger partial charge in [-0.15, -0.1) is 0 Å². The molecule has 5 nitrogen and oxygen atoms in total. The summed E-state index contributed by atoms with van der Waals surface area (Å²) in [6.07, 6.45) is 4.07. The van der Waals surface area contributed by atoms with Gasteiger partial charge in [0, 0.05) is 24.7 Å². The second-order valence-electron chi connectivity index (χ2n) is 10.5. The summed E-state index contributed by atoms with van der Waals surface area (Å²) in [6.45, 7) is 8.19. The third kappa shape index (κ3) is 5.94. The van der Waals surface area contributed by atoms with Crippen molar-refractivity contribution < 1.29 is 14.4 Å². The maximum absolute atomic E-state index is 13.8. The molecule has 0 aromatic heterocycles. The molecular weight excluding hydrogens is 472 g/mol. The Bertz CT molecular complexity index is 1390. The van der Waals surface area contributed by atoms with Crippen LogP contribution in [0.25, 0.3) is 5.57 Å². The zero-order valence-corrected chi connectivity index (χ0v) is 22.9. The maximum atomic E-state index is 13.8. The number of ketones is 1.